The van der Waals surface area contributed by atoms with E-state index in [2.05, 4.69) is 52.1 Å². The summed E-state index contributed by atoms with van der Waals surface area (Å²) >= 11 is 0. The number of aryl methyl sites for hydroxylation is 1. The largest absolute Gasteiger partial charge is 0.352 e. The Morgan fingerprint density at radius 2 is 1.44 bits per heavy atom. The SMILES string of the molecule is CCc1cc(C(C)C)c(NC2=CC(=O)c3ccccc3C2=O)c(C(C)C)c1. The fourth-order valence-corrected chi connectivity index (χ4v) is 3.55. The Hall–Kier alpha value is -2.68. The molecule has 140 valence electrons. The van der Waals surface area contributed by atoms with Crippen molar-refractivity contribution in [2.24, 2.45) is 0 Å². The molecule has 1 aliphatic carbocycles. The maximum absolute atomic E-state index is 13.0. The van der Waals surface area contributed by atoms with Crippen LogP contribution in [0.3, 0.4) is 0 Å². The van der Waals surface area contributed by atoms with Crippen molar-refractivity contribution in [3.05, 3.63) is 76.0 Å². The van der Waals surface area contributed by atoms with Gasteiger partial charge in [0.1, 0.15) is 0 Å². The summed E-state index contributed by atoms with van der Waals surface area (Å²) in [6, 6.07) is 11.4. The zero-order valence-corrected chi connectivity index (χ0v) is 16.7. The molecule has 3 nitrogen and oxygen atoms in total. The van der Waals surface area contributed by atoms with E-state index in [0.717, 1.165) is 12.1 Å². The molecule has 0 atom stereocenters. The van der Waals surface area contributed by atoms with Crippen molar-refractivity contribution < 1.29 is 9.59 Å². The van der Waals surface area contributed by atoms with Gasteiger partial charge in [0.2, 0.25) is 5.78 Å². The predicted octanol–water partition coefficient (Wildman–Crippen LogP) is 5.87. The minimum absolute atomic E-state index is 0.130. The van der Waals surface area contributed by atoms with Crippen molar-refractivity contribution in [2.45, 2.75) is 52.9 Å². The third-order valence-corrected chi connectivity index (χ3v) is 5.13. The highest BCUT2D eigenvalue weighted by molar-refractivity contribution is 6.25. The molecule has 0 amide bonds. The first-order valence-electron chi connectivity index (χ1n) is 9.67. The van der Waals surface area contributed by atoms with Crippen LogP contribution in [-0.4, -0.2) is 11.6 Å². The number of rotatable bonds is 5. The van der Waals surface area contributed by atoms with E-state index >= 15 is 0 Å². The molecule has 2 aromatic carbocycles. The molecule has 0 unspecified atom stereocenters. The standard InChI is InChI=1S/C24H27NO2/c1-6-16-11-19(14(2)3)23(20(12-16)15(4)5)25-21-13-22(26)17-9-7-8-10-18(17)24(21)27/h7-15,25H,6H2,1-5H3. The fourth-order valence-electron chi connectivity index (χ4n) is 3.55. The van der Waals surface area contributed by atoms with Crippen molar-refractivity contribution in [1.82, 2.24) is 0 Å². The molecule has 27 heavy (non-hydrogen) atoms. The van der Waals surface area contributed by atoms with Gasteiger partial charge in [0.25, 0.3) is 0 Å². The second-order valence-electron chi connectivity index (χ2n) is 7.73. The minimum Gasteiger partial charge on any atom is -0.352 e. The number of allylic oxidation sites excluding steroid dienone is 2. The highest BCUT2D eigenvalue weighted by Gasteiger charge is 2.27. The molecule has 0 saturated carbocycles. The van der Waals surface area contributed by atoms with Crippen LogP contribution in [0.15, 0.2) is 48.2 Å². The summed E-state index contributed by atoms with van der Waals surface area (Å²) in [5.41, 5.74) is 5.91. The van der Waals surface area contributed by atoms with Gasteiger partial charge >= 0.3 is 0 Å². The molecule has 0 fully saturated rings. The number of Topliss-reactive ketones (excluding diaryl/α,β-unsaturated/α-hetero) is 1. The summed E-state index contributed by atoms with van der Waals surface area (Å²) < 4.78 is 0. The summed E-state index contributed by atoms with van der Waals surface area (Å²) in [7, 11) is 0. The van der Waals surface area contributed by atoms with Crippen molar-refractivity contribution in [1.29, 1.82) is 0 Å². The van der Waals surface area contributed by atoms with Crippen LogP contribution in [0, 0.1) is 0 Å². The second kappa shape index (κ2) is 7.51. The number of ketones is 2. The number of fused-ring (bicyclic) bond motifs is 1. The highest BCUT2D eigenvalue weighted by atomic mass is 16.1. The zero-order valence-electron chi connectivity index (χ0n) is 16.7. The molecule has 0 aliphatic heterocycles. The highest BCUT2D eigenvalue weighted by Crippen LogP contribution is 2.36. The number of nitrogens with one attached hydrogen (secondary N) is 1. The smallest absolute Gasteiger partial charge is 0.210 e. The lowest BCUT2D eigenvalue weighted by atomic mass is 9.88. The van der Waals surface area contributed by atoms with E-state index in [1.165, 1.54) is 22.8 Å². The normalized spacial score (nSPS) is 13.8. The molecule has 1 aliphatic rings. The van der Waals surface area contributed by atoms with Crippen LogP contribution in [0.25, 0.3) is 0 Å². The summed E-state index contributed by atoms with van der Waals surface area (Å²) in [5, 5.41) is 3.34. The van der Waals surface area contributed by atoms with Crippen molar-refractivity contribution in [2.75, 3.05) is 5.32 Å². The van der Waals surface area contributed by atoms with Crippen LogP contribution in [0.5, 0.6) is 0 Å². The Kier molecular flexibility index (Phi) is 5.31. The Morgan fingerprint density at radius 1 is 0.889 bits per heavy atom. The number of carbonyl (C=O) groups is 2. The van der Waals surface area contributed by atoms with E-state index in [9.17, 15) is 9.59 Å². The molecule has 0 spiro atoms. The van der Waals surface area contributed by atoms with E-state index in [1.807, 2.05) is 0 Å². The van der Waals surface area contributed by atoms with Gasteiger partial charge in [-0.15, -0.1) is 0 Å². The number of anilines is 1. The minimum atomic E-state index is -0.130. The Balaban J connectivity index is 2.10. The lowest BCUT2D eigenvalue weighted by Crippen LogP contribution is -2.22. The first kappa shape index (κ1) is 19.1. The third kappa shape index (κ3) is 3.59. The molecule has 3 rings (SSSR count). The topological polar surface area (TPSA) is 46.2 Å². The van der Waals surface area contributed by atoms with Crippen LogP contribution in [-0.2, 0) is 6.42 Å². The van der Waals surface area contributed by atoms with Gasteiger partial charge in [0, 0.05) is 22.9 Å². The lowest BCUT2D eigenvalue weighted by Gasteiger charge is -2.24. The molecule has 3 heteroatoms. The number of benzene rings is 2. The molecular formula is C24H27NO2. The van der Waals surface area contributed by atoms with Crippen molar-refractivity contribution in [3.63, 3.8) is 0 Å². The Bertz CT molecular complexity index is 906. The summed E-state index contributed by atoms with van der Waals surface area (Å²) in [5.74, 6) is 0.349. The van der Waals surface area contributed by atoms with Crippen LogP contribution in [0.1, 0.15) is 83.9 Å². The molecule has 0 aromatic heterocycles. The van der Waals surface area contributed by atoms with Gasteiger partial charge in [0.15, 0.2) is 5.78 Å². The number of carbonyl (C=O) groups excluding carboxylic acids is 2. The number of hydrogen-bond acceptors (Lipinski definition) is 3. The van der Waals surface area contributed by atoms with Crippen LogP contribution in [0.4, 0.5) is 5.69 Å². The summed E-state index contributed by atoms with van der Waals surface area (Å²) in [6.45, 7) is 10.8. The molecule has 0 saturated heterocycles. The van der Waals surface area contributed by atoms with Gasteiger partial charge in [-0.1, -0.05) is 71.0 Å². The first-order chi connectivity index (χ1) is 12.8. The predicted molar refractivity (Wildman–Crippen MR) is 111 cm³/mol. The maximum atomic E-state index is 13.0. The number of hydrogen-bond donors (Lipinski definition) is 1. The molecule has 2 aromatic rings. The third-order valence-electron chi connectivity index (χ3n) is 5.13. The van der Waals surface area contributed by atoms with Crippen LogP contribution >= 0.6 is 0 Å². The molecular weight excluding hydrogens is 334 g/mol. The average Bonchev–Trinajstić information content (AvgIpc) is 2.65. The zero-order chi connectivity index (χ0) is 19.7. The van der Waals surface area contributed by atoms with Crippen molar-refractivity contribution in [3.8, 4) is 0 Å². The molecule has 0 bridgehead atoms. The first-order valence-corrected chi connectivity index (χ1v) is 9.67. The molecule has 0 radical (unpaired) electrons. The van der Waals surface area contributed by atoms with E-state index in [4.69, 9.17) is 0 Å². The molecule has 0 heterocycles. The van der Waals surface area contributed by atoms with E-state index < -0.39 is 0 Å². The Morgan fingerprint density at radius 3 is 1.96 bits per heavy atom. The van der Waals surface area contributed by atoms with E-state index in [-0.39, 0.29) is 11.6 Å². The van der Waals surface area contributed by atoms with Gasteiger partial charge in [-0.25, -0.2) is 0 Å². The monoisotopic (exact) mass is 361 g/mol. The lowest BCUT2D eigenvalue weighted by molar-refractivity contribution is 0.0985. The quantitative estimate of drug-likeness (QED) is 0.724. The van der Waals surface area contributed by atoms with Gasteiger partial charge in [-0.05, 0) is 34.9 Å². The summed E-state index contributed by atoms with van der Waals surface area (Å²) in [4.78, 5) is 25.5. The Labute approximate surface area is 161 Å². The molecule has 1 N–H and O–H groups in total. The van der Waals surface area contributed by atoms with Crippen LogP contribution in [0.2, 0.25) is 0 Å². The van der Waals surface area contributed by atoms with Gasteiger partial charge in [0.05, 0.1) is 5.70 Å². The van der Waals surface area contributed by atoms with E-state index in [1.54, 1.807) is 24.3 Å². The van der Waals surface area contributed by atoms with Crippen molar-refractivity contribution >= 4 is 17.3 Å². The van der Waals surface area contributed by atoms with Gasteiger partial charge in [-0.2, -0.15) is 0 Å². The second-order valence-corrected chi connectivity index (χ2v) is 7.73. The van der Waals surface area contributed by atoms with Gasteiger partial charge < -0.3 is 5.32 Å². The average molecular weight is 361 g/mol. The maximum Gasteiger partial charge on any atom is 0.210 e. The van der Waals surface area contributed by atoms with E-state index in [0.29, 0.717) is 28.7 Å². The fraction of sp³-hybridized carbons (Fsp3) is 0.333. The summed E-state index contributed by atoms with van der Waals surface area (Å²) in [6.07, 6.45) is 2.40. The van der Waals surface area contributed by atoms with Crippen LogP contribution < -0.4 is 5.32 Å². The van der Waals surface area contributed by atoms with Gasteiger partial charge in [-0.3, -0.25) is 9.59 Å².